The average molecular weight is 421 g/mol. The summed E-state index contributed by atoms with van der Waals surface area (Å²) in [6.07, 6.45) is -3.11. The summed E-state index contributed by atoms with van der Waals surface area (Å²) in [6, 6.07) is 9.63. The number of carbonyl (C=O) groups is 1. The van der Waals surface area contributed by atoms with E-state index in [4.69, 9.17) is 4.84 Å². The van der Waals surface area contributed by atoms with Crippen LogP contribution < -0.4 is 10.8 Å². The molecule has 6 nitrogen and oxygen atoms in total. The molecule has 2 aliphatic rings. The highest BCUT2D eigenvalue weighted by Gasteiger charge is 2.39. The summed E-state index contributed by atoms with van der Waals surface area (Å²) < 4.78 is 40.3. The van der Waals surface area contributed by atoms with E-state index in [9.17, 15) is 23.1 Å². The number of nitrogens with one attached hydrogen (secondary N) is 2. The van der Waals surface area contributed by atoms with Crippen LogP contribution in [0.15, 0.2) is 36.4 Å². The summed E-state index contributed by atoms with van der Waals surface area (Å²) in [7, 11) is 1.56. The summed E-state index contributed by atoms with van der Waals surface area (Å²) in [6.45, 7) is -0.484. The molecule has 1 fully saturated rings. The lowest BCUT2D eigenvalue weighted by Crippen LogP contribution is -2.34. The van der Waals surface area contributed by atoms with Gasteiger partial charge in [0.15, 0.2) is 6.23 Å². The Hall–Kier alpha value is -2.46. The van der Waals surface area contributed by atoms with Gasteiger partial charge in [-0.2, -0.15) is 5.48 Å². The molecule has 160 valence electrons. The number of hydrogen-bond donors (Lipinski definition) is 3. The molecular weight excluding hydrogens is 399 g/mol. The second kappa shape index (κ2) is 8.35. The Morgan fingerprint density at radius 2 is 2.17 bits per heavy atom. The Labute approximate surface area is 171 Å². The standard InChI is InChI=1S/C21H22F3N3O3/c1-27-19(26-30-21(27)18(23)24)12-5-7-14-11(9-12)6-8-16(14)25-20(29)15-4-2-3-13(10-28)17(15)22/h2-5,7,9,16,18-19,21,26,28H,6,8,10H2,1H3,(H,25,29)/t16-,19?,21?/m1/s1. The number of hydroxylamine groups is 1. The molecule has 0 radical (unpaired) electrons. The van der Waals surface area contributed by atoms with E-state index in [1.807, 2.05) is 18.2 Å². The molecule has 0 saturated carbocycles. The molecular formula is C21H22F3N3O3. The van der Waals surface area contributed by atoms with Gasteiger partial charge in [-0.25, -0.2) is 13.2 Å². The predicted octanol–water partition coefficient (Wildman–Crippen LogP) is 2.79. The number of aliphatic hydroxyl groups is 1. The monoisotopic (exact) mass is 421 g/mol. The first-order valence-corrected chi connectivity index (χ1v) is 9.63. The molecule has 2 aromatic rings. The number of nitrogens with zero attached hydrogens (tertiary/aromatic N) is 1. The van der Waals surface area contributed by atoms with Gasteiger partial charge in [0, 0.05) is 5.56 Å². The van der Waals surface area contributed by atoms with Gasteiger partial charge < -0.3 is 10.4 Å². The first kappa shape index (κ1) is 20.8. The van der Waals surface area contributed by atoms with Crippen molar-refractivity contribution in [2.75, 3.05) is 7.05 Å². The van der Waals surface area contributed by atoms with E-state index in [1.165, 1.54) is 23.1 Å². The van der Waals surface area contributed by atoms with Gasteiger partial charge in [-0.3, -0.25) is 14.5 Å². The summed E-state index contributed by atoms with van der Waals surface area (Å²) in [5.74, 6) is -1.27. The Balaban J connectivity index is 1.50. The van der Waals surface area contributed by atoms with Crippen LogP contribution in [0.3, 0.4) is 0 Å². The van der Waals surface area contributed by atoms with Crippen molar-refractivity contribution < 1.29 is 27.9 Å². The van der Waals surface area contributed by atoms with Crippen LogP contribution in [-0.2, 0) is 17.9 Å². The molecule has 1 aliphatic carbocycles. The molecule has 3 atom stereocenters. The third-order valence-electron chi connectivity index (χ3n) is 5.68. The average Bonchev–Trinajstić information content (AvgIpc) is 3.31. The van der Waals surface area contributed by atoms with Crippen molar-refractivity contribution in [2.24, 2.45) is 0 Å². The van der Waals surface area contributed by atoms with Gasteiger partial charge in [-0.05, 0) is 42.6 Å². The Bertz CT molecular complexity index is 956. The molecule has 0 aromatic heterocycles. The van der Waals surface area contributed by atoms with Gasteiger partial charge in [-0.15, -0.1) is 0 Å². The summed E-state index contributed by atoms with van der Waals surface area (Å²) in [5, 5.41) is 12.0. The fourth-order valence-electron chi connectivity index (χ4n) is 4.05. The number of fused-ring (bicyclic) bond motifs is 1. The van der Waals surface area contributed by atoms with Gasteiger partial charge in [0.2, 0.25) is 0 Å². The molecule has 0 bridgehead atoms. The minimum absolute atomic E-state index is 0.0663. The minimum atomic E-state index is -2.63. The molecule has 4 rings (SSSR count). The zero-order chi connectivity index (χ0) is 21.4. The Morgan fingerprint density at radius 1 is 1.37 bits per heavy atom. The molecule has 2 unspecified atom stereocenters. The zero-order valence-electron chi connectivity index (χ0n) is 16.2. The lowest BCUT2D eigenvalue weighted by molar-refractivity contribution is -0.0978. The van der Waals surface area contributed by atoms with Gasteiger partial charge in [-0.1, -0.05) is 30.3 Å². The molecule has 30 heavy (non-hydrogen) atoms. The molecule has 1 amide bonds. The van der Waals surface area contributed by atoms with Crippen LogP contribution in [0.1, 0.15) is 51.2 Å². The molecule has 0 spiro atoms. The highest BCUT2D eigenvalue weighted by atomic mass is 19.3. The van der Waals surface area contributed by atoms with Gasteiger partial charge in [0.25, 0.3) is 12.3 Å². The number of benzene rings is 2. The van der Waals surface area contributed by atoms with E-state index in [0.29, 0.717) is 12.8 Å². The van der Waals surface area contributed by atoms with Gasteiger partial charge in [0.1, 0.15) is 12.0 Å². The van der Waals surface area contributed by atoms with E-state index in [2.05, 4.69) is 10.8 Å². The highest BCUT2D eigenvalue weighted by Crippen LogP contribution is 2.35. The van der Waals surface area contributed by atoms with Crippen molar-refractivity contribution in [2.45, 2.75) is 44.3 Å². The first-order valence-electron chi connectivity index (χ1n) is 9.63. The number of rotatable bonds is 5. The molecule has 1 heterocycles. The van der Waals surface area contributed by atoms with Crippen LogP contribution in [0.4, 0.5) is 13.2 Å². The topological polar surface area (TPSA) is 73.8 Å². The van der Waals surface area contributed by atoms with Crippen LogP contribution in [0.2, 0.25) is 0 Å². The van der Waals surface area contributed by atoms with E-state index in [-0.39, 0.29) is 17.2 Å². The van der Waals surface area contributed by atoms with Crippen LogP contribution in [-0.4, -0.2) is 35.6 Å². The number of aryl methyl sites for hydroxylation is 1. The van der Waals surface area contributed by atoms with Crippen molar-refractivity contribution in [1.29, 1.82) is 0 Å². The number of amides is 1. The first-order chi connectivity index (χ1) is 14.4. The molecule has 1 aliphatic heterocycles. The predicted molar refractivity (Wildman–Crippen MR) is 102 cm³/mol. The largest absolute Gasteiger partial charge is 0.392 e. The quantitative estimate of drug-likeness (QED) is 0.693. The van der Waals surface area contributed by atoms with Crippen LogP contribution in [0.25, 0.3) is 0 Å². The minimum Gasteiger partial charge on any atom is -0.392 e. The SMILES string of the molecule is CN1C(c2ccc3c(c2)CC[C@H]3NC(=O)c2cccc(CO)c2F)NOC1C(F)F. The van der Waals surface area contributed by atoms with E-state index in [0.717, 1.165) is 16.7 Å². The number of alkyl halides is 2. The zero-order valence-corrected chi connectivity index (χ0v) is 16.2. The van der Waals surface area contributed by atoms with Crippen molar-refractivity contribution in [3.63, 3.8) is 0 Å². The second-order valence-corrected chi connectivity index (χ2v) is 7.49. The summed E-state index contributed by atoms with van der Waals surface area (Å²) in [5.41, 5.74) is 5.29. The number of aliphatic hydroxyl groups excluding tert-OH is 1. The number of carbonyl (C=O) groups excluding carboxylic acids is 1. The van der Waals surface area contributed by atoms with Crippen molar-refractivity contribution in [1.82, 2.24) is 15.7 Å². The van der Waals surface area contributed by atoms with E-state index < -0.39 is 37.2 Å². The summed E-state index contributed by atoms with van der Waals surface area (Å²) >= 11 is 0. The highest BCUT2D eigenvalue weighted by molar-refractivity contribution is 5.95. The molecule has 9 heteroatoms. The van der Waals surface area contributed by atoms with Crippen molar-refractivity contribution >= 4 is 5.91 Å². The maximum atomic E-state index is 14.3. The fraction of sp³-hybridized carbons (Fsp3) is 0.381. The lowest BCUT2D eigenvalue weighted by Gasteiger charge is -2.22. The summed E-state index contributed by atoms with van der Waals surface area (Å²) in [4.78, 5) is 19.0. The normalized spacial score (nSPS) is 23.7. The van der Waals surface area contributed by atoms with Gasteiger partial charge in [0.05, 0.1) is 18.2 Å². The van der Waals surface area contributed by atoms with Gasteiger partial charge >= 0.3 is 0 Å². The molecule has 1 saturated heterocycles. The second-order valence-electron chi connectivity index (χ2n) is 7.49. The van der Waals surface area contributed by atoms with Crippen molar-refractivity contribution in [3.05, 3.63) is 70.0 Å². The van der Waals surface area contributed by atoms with Crippen LogP contribution >= 0.6 is 0 Å². The van der Waals surface area contributed by atoms with E-state index >= 15 is 0 Å². The lowest BCUT2D eigenvalue weighted by atomic mass is 10.0. The third-order valence-corrected chi connectivity index (χ3v) is 5.68. The Morgan fingerprint density at radius 3 is 2.87 bits per heavy atom. The number of halogens is 3. The maximum absolute atomic E-state index is 14.3. The molecule has 2 aromatic carbocycles. The fourth-order valence-corrected chi connectivity index (χ4v) is 4.05. The number of hydrogen-bond acceptors (Lipinski definition) is 5. The smallest absolute Gasteiger partial charge is 0.279 e. The van der Waals surface area contributed by atoms with Crippen LogP contribution in [0.5, 0.6) is 0 Å². The molecule has 3 N–H and O–H groups in total. The Kier molecular flexibility index (Phi) is 5.79. The van der Waals surface area contributed by atoms with E-state index in [1.54, 1.807) is 7.05 Å². The van der Waals surface area contributed by atoms with Crippen LogP contribution in [0, 0.1) is 5.82 Å². The third kappa shape index (κ3) is 3.69. The maximum Gasteiger partial charge on any atom is 0.279 e. The van der Waals surface area contributed by atoms with Crippen molar-refractivity contribution in [3.8, 4) is 0 Å².